The summed E-state index contributed by atoms with van der Waals surface area (Å²) in [4.78, 5) is 31.0. The first-order valence-electron chi connectivity index (χ1n) is 8.08. The van der Waals surface area contributed by atoms with Crippen LogP contribution in [-0.4, -0.2) is 20.8 Å². The Kier molecular flexibility index (Phi) is 4.46. The van der Waals surface area contributed by atoms with E-state index >= 15 is 0 Å². The van der Waals surface area contributed by atoms with Gasteiger partial charge < -0.3 is 9.73 Å². The van der Waals surface area contributed by atoms with Crippen molar-refractivity contribution in [2.75, 3.05) is 5.32 Å². The lowest BCUT2D eigenvalue weighted by molar-refractivity contribution is -0.384. The van der Waals surface area contributed by atoms with Crippen molar-refractivity contribution < 1.29 is 14.1 Å². The van der Waals surface area contributed by atoms with Gasteiger partial charge >= 0.3 is 0 Å². The van der Waals surface area contributed by atoms with Gasteiger partial charge in [-0.05, 0) is 42.5 Å². The van der Waals surface area contributed by atoms with Gasteiger partial charge in [0.2, 0.25) is 11.6 Å². The molecule has 9 heteroatoms. The van der Waals surface area contributed by atoms with E-state index in [-0.39, 0.29) is 16.3 Å². The van der Waals surface area contributed by atoms with E-state index in [1.807, 2.05) is 0 Å². The Hall–Kier alpha value is -3.78. The summed E-state index contributed by atoms with van der Waals surface area (Å²) < 4.78 is 5.61. The number of nitrogens with zero attached hydrogens (tertiary/aromatic N) is 3. The molecule has 0 aliphatic heterocycles. The highest BCUT2D eigenvalue weighted by Gasteiger charge is 2.15. The molecule has 0 bridgehead atoms. The van der Waals surface area contributed by atoms with Crippen LogP contribution in [0.25, 0.3) is 22.7 Å². The third-order valence-electron chi connectivity index (χ3n) is 3.96. The highest BCUT2D eigenvalue weighted by Crippen LogP contribution is 2.26. The molecule has 0 radical (unpaired) electrons. The molecule has 2 heterocycles. The fraction of sp³-hybridized carbons (Fsp3) is 0. The summed E-state index contributed by atoms with van der Waals surface area (Å²) in [5, 5.41) is 13.5. The van der Waals surface area contributed by atoms with Crippen molar-refractivity contribution in [2.24, 2.45) is 0 Å². The molecule has 28 heavy (non-hydrogen) atoms. The number of rotatable bonds is 4. The van der Waals surface area contributed by atoms with E-state index < -0.39 is 10.8 Å². The monoisotopic (exact) mass is 394 g/mol. The number of aromatic nitrogens is 2. The standard InChI is InChI=1S/C19H11ClN4O4/c20-15-10-13(24(26)27)7-8-14(15)17(25)22-12-5-3-11(4-6-12)18-23-16-2-1-9-21-19(16)28-18/h1-10H,(H,22,25). The molecule has 0 atom stereocenters. The molecular weight excluding hydrogens is 384 g/mol. The number of nitrogens with one attached hydrogen (secondary N) is 1. The van der Waals surface area contributed by atoms with E-state index in [0.717, 1.165) is 11.6 Å². The minimum absolute atomic E-state index is 0.00213. The molecule has 0 spiro atoms. The van der Waals surface area contributed by atoms with Gasteiger partial charge in [0, 0.05) is 29.6 Å². The number of hydrogen-bond acceptors (Lipinski definition) is 6. The van der Waals surface area contributed by atoms with Crippen LogP contribution in [0.1, 0.15) is 10.4 Å². The minimum atomic E-state index is -0.575. The van der Waals surface area contributed by atoms with Crippen molar-refractivity contribution in [2.45, 2.75) is 0 Å². The van der Waals surface area contributed by atoms with Gasteiger partial charge in [0.1, 0.15) is 5.52 Å². The highest BCUT2D eigenvalue weighted by atomic mass is 35.5. The Morgan fingerprint density at radius 3 is 2.61 bits per heavy atom. The first kappa shape index (κ1) is 17.6. The van der Waals surface area contributed by atoms with E-state index in [2.05, 4.69) is 15.3 Å². The van der Waals surface area contributed by atoms with Crippen molar-refractivity contribution in [1.82, 2.24) is 9.97 Å². The van der Waals surface area contributed by atoms with Gasteiger partial charge in [-0.3, -0.25) is 14.9 Å². The molecule has 2 aromatic heterocycles. The second-order valence-corrected chi connectivity index (χ2v) is 6.21. The lowest BCUT2D eigenvalue weighted by Gasteiger charge is -2.07. The number of anilines is 1. The van der Waals surface area contributed by atoms with Crippen LogP contribution >= 0.6 is 11.6 Å². The molecule has 0 saturated carbocycles. The van der Waals surface area contributed by atoms with Crippen LogP contribution in [0.5, 0.6) is 0 Å². The maximum absolute atomic E-state index is 12.4. The highest BCUT2D eigenvalue weighted by molar-refractivity contribution is 6.34. The predicted molar refractivity (Wildman–Crippen MR) is 103 cm³/mol. The van der Waals surface area contributed by atoms with Gasteiger partial charge in [-0.15, -0.1) is 0 Å². The van der Waals surface area contributed by atoms with Crippen molar-refractivity contribution in [3.8, 4) is 11.5 Å². The molecule has 8 nitrogen and oxygen atoms in total. The van der Waals surface area contributed by atoms with Gasteiger partial charge in [-0.1, -0.05) is 11.6 Å². The zero-order valence-electron chi connectivity index (χ0n) is 14.1. The van der Waals surface area contributed by atoms with Crippen LogP contribution in [0.4, 0.5) is 11.4 Å². The number of hydrogen-bond donors (Lipinski definition) is 1. The Morgan fingerprint density at radius 2 is 1.93 bits per heavy atom. The summed E-state index contributed by atoms with van der Waals surface area (Å²) in [5.74, 6) is -0.0521. The molecule has 0 aliphatic carbocycles. The quantitative estimate of drug-likeness (QED) is 0.396. The lowest BCUT2D eigenvalue weighted by Crippen LogP contribution is -2.12. The molecule has 1 N–H and O–H groups in total. The van der Waals surface area contributed by atoms with Crippen LogP contribution < -0.4 is 5.32 Å². The normalized spacial score (nSPS) is 10.8. The van der Waals surface area contributed by atoms with Crippen molar-refractivity contribution >= 4 is 40.1 Å². The molecule has 0 saturated heterocycles. The minimum Gasteiger partial charge on any atom is -0.418 e. The summed E-state index contributed by atoms with van der Waals surface area (Å²) in [5.41, 5.74) is 2.31. The largest absolute Gasteiger partial charge is 0.418 e. The first-order chi connectivity index (χ1) is 13.5. The molecule has 1 amide bonds. The summed E-state index contributed by atoms with van der Waals surface area (Å²) >= 11 is 5.99. The molecule has 4 aromatic rings. The third-order valence-corrected chi connectivity index (χ3v) is 4.28. The van der Waals surface area contributed by atoms with Crippen LogP contribution in [-0.2, 0) is 0 Å². The van der Waals surface area contributed by atoms with E-state index in [1.54, 1.807) is 42.6 Å². The number of pyridine rings is 1. The number of halogens is 1. The second-order valence-electron chi connectivity index (χ2n) is 5.80. The van der Waals surface area contributed by atoms with Crippen LogP contribution in [0.2, 0.25) is 5.02 Å². The van der Waals surface area contributed by atoms with Crippen molar-refractivity contribution in [1.29, 1.82) is 0 Å². The van der Waals surface area contributed by atoms with E-state index in [4.69, 9.17) is 16.0 Å². The first-order valence-corrected chi connectivity index (χ1v) is 8.46. The molecule has 138 valence electrons. The Labute approximate surface area is 162 Å². The van der Waals surface area contributed by atoms with Crippen molar-refractivity contribution in [3.05, 3.63) is 81.5 Å². The van der Waals surface area contributed by atoms with Gasteiger partial charge in [0.15, 0.2) is 0 Å². The van der Waals surface area contributed by atoms with E-state index in [0.29, 0.717) is 22.8 Å². The topological polar surface area (TPSA) is 111 Å². The van der Waals surface area contributed by atoms with E-state index in [9.17, 15) is 14.9 Å². The molecular formula is C19H11ClN4O4. The number of fused-ring (bicyclic) bond motifs is 1. The molecule has 0 fully saturated rings. The molecule has 0 aliphatic rings. The number of nitro benzene ring substituents is 1. The predicted octanol–water partition coefficient (Wildman–Crippen LogP) is 4.70. The fourth-order valence-corrected chi connectivity index (χ4v) is 2.85. The summed E-state index contributed by atoms with van der Waals surface area (Å²) in [7, 11) is 0. The Morgan fingerprint density at radius 1 is 1.14 bits per heavy atom. The number of benzene rings is 2. The number of nitro groups is 1. The van der Waals surface area contributed by atoms with Gasteiger partial charge in [-0.2, -0.15) is 0 Å². The van der Waals surface area contributed by atoms with Gasteiger partial charge in [-0.25, -0.2) is 9.97 Å². The number of non-ortho nitro benzene ring substituents is 1. The second kappa shape index (κ2) is 7.09. The Balaban J connectivity index is 1.53. The average Bonchev–Trinajstić information content (AvgIpc) is 3.12. The maximum Gasteiger partial charge on any atom is 0.270 e. The average molecular weight is 395 g/mol. The van der Waals surface area contributed by atoms with Crippen LogP contribution in [0.15, 0.2) is 65.2 Å². The number of carbonyl (C=O) groups excluding carboxylic acids is 1. The van der Waals surface area contributed by atoms with Gasteiger partial charge in [0.25, 0.3) is 11.6 Å². The number of oxazole rings is 1. The zero-order chi connectivity index (χ0) is 19.7. The van der Waals surface area contributed by atoms with E-state index in [1.165, 1.54) is 12.1 Å². The lowest BCUT2D eigenvalue weighted by atomic mass is 10.1. The SMILES string of the molecule is O=C(Nc1ccc(-c2nc3cccnc3o2)cc1)c1ccc([N+](=O)[O-])cc1Cl. The number of amides is 1. The zero-order valence-corrected chi connectivity index (χ0v) is 14.9. The molecule has 2 aromatic carbocycles. The van der Waals surface area contributed by atoms with Crippen LogP contribution in [0.3, 0.4) is 0 Å². The fourth-order valence-electron chi connectivity index (χ4n) is 2.59. The van der Waals surface area contributed by atoms with Gasteiger partial charge in [0.05, 0.1) is 15.5 Å². The molecule has 4 rings (SSSR count). The number of carbonyl (C=O) groups is 1. The Bertz CT molecular complexity index is 1170. The van der Waals surface area contributed by atoms with Crippen molar-refractivity contribution in [3.63, 3.8) is 0 Å². The smallest absolute Gasteiger partial charge is 0.270 e. The summed E-state index contributed by atoms with van der Waals surface area (Å²) in [6.45, 7) is 0. The summed E-state index contributed by atoms with van der Waals surface area (Å²) in [6, 6.07) is 14.1. The maximum atomic E-state index is 12.4. The summed E-state index contributed by atoms with van der Waals surface area (Å²) in [6.07, 6.45) is 1.62. The molecule has 0 unspecified atom stereocenters. The third kappa shape index (κ3) is 3.40. The van der Waals surface area contributed by atoms with Crippen LogP contribution in [0, 0.1) is 10.1 Å².